The maximum Gasteiger partial charge on any atom is 0.251 e. The van der Waals surface area contributed by atoms with E-state index in [0.29, 0.717) is 34.7 Å². The average Bonchev–Trinajstić information content (AvgIpc) is 3.24. The van der Waals surface area contributed by atoms with Crippen LogP contribution in [0.5, 0.6) is 11.5 Å². The molecule has 3 rings (SSSR count). The highest BCUT2D eigenvalue weighted by Crippen LogP contribution is 2.36. The average molecular weight is 447 g/mol. The highest BCUT2D eigenvalue weighted by atomic mass is 79.9. The van der Waals surface area contributed by atoms with Crippen LogP contribution in [0.15, 0.2) is 46.9 Å². The smallest absolute Gasteiger partial charge is 0.251 e. The molecular formula is C22H27BrN2O3. The van der Waals surface area contributed by atoms with Crippen LogP contribution in [0.4, 0.5) is 0 Å². The Balaban J connectivity index is 1.75. The Labute approximate surface area is 175 Å². The summed E-state index contributed by atoms with van der Waals surface area (Å²) < 4.78 is 11.7. The number of rotatable bonds is 8. The van der Waals surface area contributed by atoms with Gasteiger partial charge in [0.15, 0.2) is 11.5 Å². The summed E-state index contributed by atoms with van der Waals surface area (Å²) in [5, 5.41) is 3.11. The SMILES string of the molecule is CCOc1c(Br)cc(C(=O)NCC(c2ccccc2)N2CCCC2)cc1OC. The van der Waals surface area contributed by atoms with Crippen molar-refractivity contribution in [2.45, 2.75) is 25.8 Å². The summed E-state index contributed by atoms with van der Waals surface area (Å²) in [7, 11) is 1.57. The van der Waals surface area contributed by atoms with E-state index in [-0.39, 0.29) is 11.9 Å². The van der Waals surface area contributed by atoms with E-state index >= 15 is 0 Å². The number of nitrogens with zero attached hydrogens (tertiary/aromatic N) is 1. The van der Waals surface area contributed by atoms with E-state index in [9.17, 15) is 4.79 Å². The summed E-state index contributed by atoms with van der Waals surface area (Å²) in [6.45, 7) is 5.13. The zero-order valence-corrected chi connectivity index (χ0v) is 18.0. The van der Waals surface area contributed by atoms with Crippen LogP contribution in [-0.2, 0) is 0 Å². The molecule has 0 spiro atoms. The number of hydrogen-bond acceptors (Lipinski definition) is 4. The molecule has 1 unspecified atom stereocenters. The third-order valence-electron chi connectivity index (χ3n) is 5.00. The molecule has 0 radical (unpaired) electrons. The molecule has 0 saturated carbocycles. The van der Waals surface area contributed by atoms with Gasteiger partial charge in [0.25, 0.3) is 5.91 Å². The first-order chi connectivity index (χ1) is 13.6. The number of amides is 1. The quantitative estimate of drug-likeness (QED) is 0.651. The first-order valence-electron chi connectivity index (χ1n) is 9.71. The zero-order valence-electron chi connectivity index (χ0n) is 16.4. The maximum absolute atomic E-state index is 12.8. The van der Waals surface area contributed by atoms with E-state index in [2.05, 4.69) is 50.4 Å². The Kier molecular flexibility index (Phi) is 7.34. The molecule has 1 aliphatic rings. The summed E-state index contributed by atoms with van der Waals surface area (Å²) in [6, 6.07) is 14.1. The number of halogens is 1. The van der Waals surface area contributed by atoms with E-state index in [0.717, 1.165) is 13.1 Å². The topological polar surface area (TPSA) is 50.8 Å². The van der Waals surface area contributed by atoms with Gasteiger partial charge >= 0.3 is 0 Å². The predicted molar refractivity (Wildman–Crippen MR) is 114 cm³/mol. The summed E-state index contributed by atoms with van der Waals surface area (Å²) in [4.78, 5) is 15.3. The van der Waals surface area contributed by atoms with Gasteiger partial charge in [-0.1, -0.05) is 30.3 Å². The van der Waals surface area contributed by atoms with Gasteiger partial charge in [-0.05, 0) is 66.5 Å². The van der Waals surface area contributed by atoms with Gasteiger partial charge in [0, 0.05) is 12.1 Å². The molecule has 0 aliphatic carbocycles. The van der Waals surface area contributed by atoms with Gasteiger partial charge in [0.1, 0.15) is 0 Å². The predicted octanol–water partition coefficient (Wildman–Crippen LogP) is 4.42. The molecule has 0 bridgehead atoms. The van der Waals surface area contributed by atoms with Crippen LogP contribution < -0.4 is 14.8 Å². The van der Waals surface area contributed by atoms with Gasteiger partial charge < -0.3 is 14.8 Å². The van der Waals surface area contributed by atoms with Crippen molar-refractivity contribution in [3.05, 3.63) is 58.1 Å². The summed E-state index contributed by atoms with van der Waals surface area (Å²) in [6.07, 6.45) is 2.42. The van der Waals surface area contributed by atoms with Crippen molar-refractivity contribution >= 4 is 21.8 Å². The van der Waals surface area contributed by atoms with Gasteiger partial charge in [0.05, 0.1) is 24.2 Å². The molecule has 6 heteroatoms. The van der Waals surface area contributed by atoms with E-state index in [4.69, 9.17) is 9.47 Å². The van der Waals surface area contributed by atoms with Crippen LogP contribution in [0.1, 0.15) is 41.7 Å². The van der Waals surface area contributed by atoms with Crippen molar-refractivity contribution in [3.8, 4) is 11.5 Å². The molecule has 1 heterocycles. The third-order valence-corrected chi connectivity index (χ3v) is 5.59. The lowest BCUT2D eigenvalue weighted by Gasteiger charge is -2.28. The van der Waals surface area contributed by atoms with Crippen molar-refractivity contribution in [1.29, 1.82) is 0 Å². The molecule has 28 heavy (non-hydrogen) atoms. The standard InChI is InChI=1S/C22H27BrN2O3/c1-3-28-21-18(23)13-17(14-20(21)27-2)22(26)24-15-19(25-11-7-8-12-25)16-9-5-4-6-10-16/h4-6,9-10,13-14,19H,3,7-8,11-12,15H2,1-2H3,(H,24,26). The summed E-state index contributed by atoms with van der Waals surface area (Å²) in [5.74, 6) is 1.03. The lowest BCUT2D eigenvalue weighted by atomic mass is 10.1. The van der Waals surface area contributed by atoms with Crippen LogP contribution in [0, 0.1) is 0 Å². The zero-order chi connectivity index (χ0) is 19.9. The van der Waals surface area contributed by atoms with Gasteiger partial charge in [-0.2, -0.15) is 0 Å². The fraction of sp³-hybridized carbons (Fsp3) is 0.409. The number of benzene rings is 2. The number of ether oxygens (including phenoxy) is 2. The molecule has 1 amide bonds. The molecule has 2 aromatic carbocycles. The Morgan fingerprint density at radius 2 is 1.93 bits per heavy atom. The van der Waals surface area contributed by atoms with Crippen LogP contribution in [0.25, 0.3) is 0 Å². The fourth-order valence-corrected chi connectivity index (χ4v) is 4.17. The Morgan fingerprint density at radius 1 is 1.21 bits per heavy atom. The van der Waals surface area contributed by atoms with Gasteiger partial charge in [-0.25, -0.2) is 0 Å². The number of nitrogens with one attached hydrogen (secondary N) is 1. The van der Waals surface area contributed by atoms with E-state index < -0.39 is 0 Å². The third kappa shape index (κ3) is 4.86. The van der Waals surface area contributed by atoms with E-state index in [1.807, 2.05) is 13.0 Å². The normalized spacial score (nSPS) is 15.2. The second kappa shape index (κ2) is 9.94. The molecule has 1 fully saturated rings. The molecule has 2 aromatic rings. The van der Waals surface area contributed by atoms with E-state index in [1.54, 1.807) is 19.2 Å². The highest BCUT2D eigenvalue weighted by Gasteiger charge is 2.24. The second-order valence-corrected chi connectivity index (χ2v) is 7.66. The number of likely N-dealkylation sites (tertiary alicyclic amines) is 1. The van der Waals surface area contributed by atoms with Crippen molar-refractivity contribution in [3.63, 3.8) is 0 Å². The second-order valence-electron chi connectivity index (χ2n) is 6.80. The van der Waals surface area contributed by atoms with Crippen LogP contribution >= 0.6 is 15.9 Å². The molecule has 1 atom stereocenters. The first-order valence-corrected chi connectivity index (χ1v) is 10.5. The van der Waals surface area contributed by atoms with E-state index in [1.165, 1.54) is 18.4 Å². The lowest BCUT2D eigenvalue weighted by Crippen LogP contribution is -2.36. The number of methoxy groups -OCH3 is 1. The van der Waals surface area contributed by atoms with Gasteiger partial charge in [-0.3, -0.25) is 9.69 Å². The molecule has 1 N–H and O–H groups in total. The molecule has 5 nitrogen and oxygen atoms in total. The summed E-state index contributed by atoms with van der Waals surface area (Å²) >= 11 is 3.49. The van der Waals surface area contributed by atoms with Crippen molar-refractivity contribution in [2.75, 3.05) is 33.4 Å². The molecular weight excluding hydrogens is 420 g/mol. The number of carbonyl (C=O) groups is 1. The first kappa shape index (κ1) is 20.7. The van der Waals surface area contributed by atoms with Gasteiger partial charge in [-0.15, -0.1) is 0 Å². The molecule has 150 valence electrons. The molecule has 1 aliphatic heterocycles. The van der Waals surface area contributed by atoms with Crippen LogP contribution in [0.2, 0.25) is 0 Å². The Morgan fingerprint density at radius 3 is 2.57 bits per heavy atom. The Hall–Kier alpha value is -2.05. The largest absolute Gasteiger partial charge is 0.493 e. The molecule has 1 saturated heterocycles. The van der Waals surface area contributed by atoms with Crippen LogP contribution in [0.3, 0.4) is 0 Å². The van der Waals surface area contributed by atoms with Crippen molar-refractivity contribution in [1.82, 2.24) is 10.2 Å². The van der Waals surface area contributed by atoms with Gasteiger partial charge in [0.2, 0.25) is 0 Å². The minimum absolute atomic E-state index is 0.123. The number of hydrogen-bond donors (Lipinski definition) is 1. The minimum atomic E-state index is -0.123. The maximum atomic E-state index is 12.8. The minimum Gasteiger partial charge on any atom is -0.493 e. The highest BCUT2D eigenvalue weighted by molar-refractivity contribution is 9.10. The number of carbonyl (C=O) groups excluding carboxylic acids is 1. The van der Waals surface area contributed by atoms with Crippen molar-refractivity contribution in [2.24, 2.45) is 0 Å². The monoisotopic (exact) mass is 446 g/mol. The Bertz CT molecular complexity index is 792. The summed E-state index contributed by atoms with van der Waals surface area (Å²) in [5.41, 5.74) is 1.77. The van der Waals surface area contributed by atoms with Crippen LogP contribution in [-0.4, -0.2) is 44.2 Å². The lowest BCUT2D eigenvalue weighted by molar-refractivity contribution is 0.0937. The molecule has 0 aromatic heterocycles. The fourth-order valence-electron chi connectivity index (χ4n) is 3.61. The van der Waals surface area contributed by atoms with Crippen molar-refractivity contribution < 1.29 is 14.3 Å².